The monoisotopic (exact) mass is 434 g/mol. The van der Waals surface area contributed by atoms with Gasteiger partial charge < -0.3 is 9.84 Å². The largest absolute Gasteiger partial charge is 0.458 e. The third kappa shape index (κ3) is 3.39. The van der Waals surface area contributed by atoms with Crippen molar-refractivity contribution in [3.63, 3.8) is 0 Å². The number of aliphatic hydroxyl groups is 1. The minimum Gasteiger partial charge on any atom is -0.458 e. The molecule has 0 amide bonds. The van der Waals surface area contributed by atoms with Crippen LogP contribution in [0.1, 0.15) is 76.1 Å². The molecule has 0 heterocycles. The first-order chi connectivity index (χ1) is 15.4. The molecule has 3 nitrogen and oxygen atoms in total. The van der Waals surface area contributed by atoms with Crippen LogP contribution in [0.4, 0.5) is 0 Å². The maximum atomic E-state index is 12.6. The predicted molar refractivity (Wildman–Crippen MR) is 127 cm³/mol. The quantitative estimate of drug-likeness (QED) is 0.444. The van der Waals surface area contributed by atoms with Crippen LogP contribution in [0.25, 0.3) is 0 Å². The Morgan fingerprint density at radius 3 is 2.56 bits per heavy atom. The van der Waals surface area contributed by atoms with Gasteiger partial charge >= 0.3 is 5.97 Å². The molecule has 1 N–H and O–H groups in total. The maximum absolute atomic E-state index is 12.6. The number of allylic oxidation sites excluding steroid dienone is 2. The van der Waals surface area contributed by atoms with Crippen molar-refractivity contribution in [3.8, 4) is 0 Å². The van der Waals surface area contributed by atoms with E-state index in [1.165, 1.54) is 30.4 Å². The van der Waals surface area contributed by atoms with E-state index < -0.39 is 0 Å². The number of rotatable bonds is 4. The molecular formula is C29H38O3. The Balaban J connectivity index is 1.32. The first-order valence-electron chi connectivity index (χ1n) is 12.6. The molecule has 0 aliphatic heterocycles. The summed E-state index contributed by atoms with van der Waals surface area (Å²) in [5.41, 5.74) is 4.19. The highest BCUT2D eigenvalue weighted by Crippen LogP contribution is 2.65. The van der Waals surface area contributed by atoms with E-state index in [2.05, 4.69) is 32.9 Å². The molecule has 0 radical (unpaired) electrons. The van der Waals surface area contributed by atoms with Crippen molar-refractivity contribution in [2.45, 2.75) is 71.8 Å². The van der Waals surface area contributed by atoms with Crippen LogP contribution in [0.5, 0.6) is 0 Å². The van der Waals surface area contributed by atoms with Gasteiger partial charge in [-0.25, -0.2) is 4.79 Å². The van der Waals surface area contributed by atoms with E-state index in [1.54, 1.807) is 0 Å². The third-order valence-electron chi connectivity index (χ3n) is 9.79. The molecule has 2 fully saturated rings. The fraction of sp³-hybridized carbons (Fsp3) is 0.621. The van der Waals surface area contributed by atoms with Crippen LogP contribution >= 0.6 is 0 Å². The Bertz CT molecular complexity index is 931. The number of esters is 1. The highest BCUT2D eigenvalue weighted by Gasteiger charge is 2.57. The first kappa shape index (κ1) is 21.9. The molecule has 4 aliphatic rings. The van der Waals surface area contributed by atoms with Gasteiger partial charge in [0.15, 0.2) is 0 Å². The average molecular weight is 435 g/mol. The Morgan fingerprint density at radius 1 is 1.06 bits per heavy atom. The van der Waals surface area contributed by atoms with Gasteiger partial charge in [-0.1, -0.05) is 62.3 Å². The standard InChI is InChI=1S/C29H38O3/c1-19(18-30)24-11-12-25-23-10-9-21-17-22(32-27(31)20-7-5-4-6-8-20)13-15-28(21,2)26(23)14-16-29(24,25)3/h4-9,11,19,22-23,25-26,30H,10,12-18H2,1-3H3/t19-,22+,23+,25+,26+,28+,29-/m1/s1. The van der Waals surface area contributed by atoms with E-state index in [0.717, 1.165) is 37.5 Å². The molecule has 172 valence electrons. The van der Waals surface area contributed by atoms with Gasteiger partial charge in [0.2, 0.25) is 0 Å². The van der Waals surface area contributed by atoms with Crippen molar-refractivity contribution in [1.29, 1.82) is 0 Å². The van der Waals surface area contributed by atoms with Crippen LogP contribution in [-0.2, 0) is 4.74 Å². The first-order valence-corrected chi connectivity index (χ1v) is 12.6. The topological polar surface area (TPSA) is 46.5 Å². The second kappa shape index (κ2) is 8.17. The van der Waals surface area contributed by atoms with Crippen LogP contribution in [0.15, 0.2) is 53.6 Å². The molecule has 7 atom stereocenters. The lowest BCUT2D eigenvalue weighted by molar-refractivity contribution is -0.0374. The maximum Gasteiger partial charge on any atom is 0.338 e. The minimum atomic E-state index is -0.190. The highest BCUT2D eigenvalue weighted by atomic mass is 16.5. The Hall–Kier alpha value is -1.87. The number of hydrogen-bond donors (Lipinski definition) is 1. The van der Waals surface area contributed by atoms with Crippen molar-refractivity contribution < 1.29 is 14.6 Å². The summed E-state index contributed by atoms with van der Waals surface area (Å²) in [6.45, 7) is 7.41. The van der Waals surface area contributed by atoms with Crippen LogP contribution in [0, 0.1) is 34.5 Å². The lowest BCUT2D eigenvalue weighted by atomic mass is 9.47. The van der Waals surface area contributed by atoms with Crippen LogP contribution < -0.4 is 0 Å². The van der Waals surface area contributed by atoms with E-state index in [0.29, 0.717) is 11.5 Å². The fourth-order valence-corrected chi connectivity index (χ4v) is 7.98. The van der Waals surface area contributed by atoms with Gasteiger partial charge in [-0.15, -0.1) is 0 Å². The van der Waals surface area contributed by atoms with E-state index in [1.807, 2.05) is 30.3 Å². The molecule has 1 aromatic rings. The summed E-state index contributed by atoms with van der Waals surface area (Å²) < 4.78 is 5.93. The Morgan fingerprint density at radius 2 is 1.81 bits per heavy atom. The number of ether oxygens (including phenoxy) is 1. The van der Waals surface area contributed by atoms with Crippen molar-refractivity contribution in [3.05, 3.63) is 59.2 Å². The third-order valence-corrected chi connectivity index (χ3v) is 9.79. The lowest BCUT2D eigenvalue weighted by Gasteiger charge is -2.58. The van der Waals surface area contributed by atoms with Gasteiger partial charge in [0.25, 0.3) is 0 Å². The van der Waals surface area contributed by atoms with Gasteiger partial charge in [0, 0.05) is 18.9 Å². The summed E-state index contributed by atoms with van der Waals surface area (Å²) in [6.07, 6.45) is 12.8. The molecular weight excluding hydrogens is 396 g/mol. The average Bonchev–Trinajstić information content (AvgIpc) is 3.16. The van der Waals surface area contributed by atoms with Crippen molar-refractivity contribution in [2.24, 2.45) is 34.5 Å². The summed E-state index contributed by atoms with van der Waals surface area (Å²) in [6, 6.07) is 9.37. The lowest BCUT2D eigenvalue weighted by Crippen LogP contribution is -2.50. The van der Waals surface area contributed by atoms with E-state index in [4.69, 9.17) is 4.74 Å². The SMILES string of the molecule is C[C@H](CO)C1=CC[C@H]2[C@@H]3CC=C4C[C@@H](OC(=O)c5ccccc5)CC[C@]4(C)[C@H]3CC[C@]12C. The summed E-state index contributed by atoms with van der Waals surface area (Å²) >= 11 is 0. The van der Waals surface area contributed by atoms with Gasteiger partial charge in [-0.3, -0.25) is 0 Å². The number of hydrogen-bond acceptors (Lipinski definition) is 3. The molecule has 2 saturated carbocycles. The van der Waals surface area contributed by atoms with Crippen molar-refractivity contribution in [1.82, 2.24) is 0 Å². The number of fused-ring (bicyclic) bond motifs is 5. The predicted octanol–water partition coefficient (Wildman–Crippen LogP) is 6.34. The minimum absolute atomic E-state index is 0.00223. The van der Waals surface area contributed by atoms with E-state index in [9.17, 15) is 9.90 Å². The van der Waals surface area contributed by atoms with Gasteiger partial charge in [0.05, 0.1) is 5.56 Å². The molecule has 3 heteroatoms. The number of aliphatic hydroxyl groups excluding tert-OH is 1. The van der Waals surface area contributed by atoms with Crippen molar-refractivity contribution in [2.75, 3.05) is 6.61 Å². The van der Waals surface area contributed by atoms with E-state index >= 15 is 0 Å². The smallest absolute Gasteiger partial charge is 0.338 e. The normalized spacial score (nSPS) is 39.1. The zero-order valence-electron chi connectivity index (χ0n) is 19.8. The number of carbonyl (C=O) groups is 1. The van der Waals surface area contributed by atoms with Crippen LogP contribution in [0.2, 0.25) is 0 Å². The summed E-state index contributed by atoms with van der Waals surface area (Å²) in [5.74, 6) is 2.24. The summed E-state index contributed by atoms with van der Waals surface area (Å²) in [7, 11) is 0. The molecule has 0 aromatic heterocycles. The molecule has 0 saturated heterocycles. The molecule has 0 unspecified atom stereocenters. The molecule has 0 bridgehead atoms. The molecule has 0 spiro atoms. The Labute approximate surface area is 192 Å². The summed E-state index contributed by atoms with van der Waals surface area (Å²) in [4.78, 5) is 12.6. The number of carbonyl (C=O) groups excluding carboxylic acids is 1. The molecule has 5 rings (SSSR count). The second-order valence-electron chi connectivity index (χ2n) is 11.3. The van der Waals surface area contributed by atoms with Gasteiger partial charge in [0.1, 0.15) is 6.10 Å². The second-order valence-corrected chi connectivity index (χ2v) is 11.3. The van der Waals surface area contributed by atoms with Crippen LogP contribution in [0.3, 0.4) is 0 Å². The highest BCUT2D eigenvalue weighted by molar-refractivity contribution is 5.89. The van der Waals surface area contributed by atoms with E-state index in [-0.39, 0.29) is 35.4 Å². The molecule has 32 heavy (non-hydrogen) atoms. The van der Waals surface area contributed by atoms with Gasteiger partial charge in [-0.2, -0.15) is 0 Å². The van der Waals surface area contributed by atoms with Crippen LogP contribution in [-0.4, -0.2) is 23.8 Å². The number of benzene rings is 1. The Kier molecular flexibility index (Phi) is 5.60. The molecule has 1 aromatic carbocycles. The van der Waals surface area contributed by atoms with Crippen molar-refractivity contribution >= 4 is 5.97 Å². The summed E-state index contributed by atoms with van der Waals surface area (Å²) in [5, 5.41) is 9.80. The zero-order chi connectivity index (χ0) is 22.5. The molecule has 4 aliphatic carbocycles. The van der Waals surface area contributed by atoms with Gasteiger partial charge in [-0.05, 0) is 79.2 Å². The fourth-order valence-electron chi connectivity index (χ4n) is 7.98. The zero-order valence-corrected chi connectivity index (χ0v) is 19.8.